The SMILES string of the molecule is Cc1ccc(CC(=O)c2ccc3c(c2)OCCCO3)cc1. The van der Waals surface area contributed by atoms with Crippen molar-refractivity contribution in [3.8, 4) is 11.5 Å². The molecule has 0 radical (unpaired) electrons. The van der Waals surface area contributed by atoms with Crippen LogP contribution in [0.3, 0.4) is 0 Å². The van der Waals surface area contributed by atoms with Crippen LogP contribution in [0.15, 0.2) is 42.5 Å². The van der Waals surface area contributed by atoms with Crippen LogP contribution < -0.4 is 9.47 Å². The van der Waals surface area contributed by atoms with Gasteiger partial charge in [0.15, 0.2) is 17.3 Å². The second-order valence-electron chi connectivity index (χ2n) is 5.30. The van der Waals surface area contributed by atoms with E-state index in [0.717, 1.165) is 17.7 Å². The average molecular weight is 282 g/mol. The van der Waals surface area contributed by atoms with Crippen LogP contribution in [-0.2, 0) is 6.42 Å². The number of Topliss-reactive ketones (excluding diaryl/α,β-unsaturated/α-hetero) is 1. The van der Waals surface area contributed by atoms with Gasteiger partial charge in [-0.1, -0.05) is 29.8 Å². The highest BCUT2D eigenvalue weighted by atomic mass is 16.5. The van der Waals surface area contributed by atoms with E-state index in [1.54, 1.807) is 6.07 Å². The molecule has 0 fully saturated rings. The topological polar surface area (TPSA) is 35.5 Å². The minimum Gasteiger partial charge on any atom is -0.490 e. The van der Waals surface area contributed by atoms with Crippen LogP contribution in [0.5, 0.6) is 11.5 Å². The van der Waals surface area contributed by atoms with E-state index in [1.165, 1.54) is 5.56 Å². The van der Waals surface area contributed by atoms with Crippen molar-refractivity contribution >= 4 is 5.78 Å². The van der Waals surface area contributed by atoms with Crippen LogP contribution in [-0.4, -0.2) is 19.0 Å². The predicted octanol–water partition coefficient (Wildman–Crippen LogP) is 3.58. The van der Waals surface area contributed by atoms with Gasteiger partial charge in [0.2, 0.25) is 0 Å². The first-order valence-electron chi connectivity index (χ1n) is 7.21. The molecule has 1 aliphatic rings. The lowest BCUT2D eigenvalue weighted by atomic mass is 10.0. The molecule has 0 atom stereocenters. The van der Waals surface area contributed by atoms with Crippen molar-refractivity contribution in [2.45, 2.75) is 19.8 Å². The predicted molar refractivity (Wildman–Crippen MR) is 81.3 cm³/mol. The molecular formula is C18H18O3. The number of rotatable bonds is 3. The normalized spacial score (nSPS) is 13.6. The second kappa shape index (κ2) is 6.00. The smallest absolute Gasteiger partial charge is 0.167 e. The Hall–Kier alpha value is -2.29. The summed E-state index contributed by atoms with van der Waals surface area (Å²) in [6.07, 6.45) is 1.27. The molecule has 0 aromatic heterocycles. The van der Waals surface area contributed by atoms with Crippen LogP contribution in [0.25, 0.3) is 0 Å². The zero-order valence-electron chi connectivity index (χ0n) is 12.1. The third-order valence-electron chi connectivity index (χ3n) is 3.55. The standard InChI is InChI=1S/C18H18O3/c1-13-3-5-14(6-4-13)11-16(19)15-7-8-17-18(12-15)21-10-2-9-20-17/h3-8,12H,2,9-11H2,1H3. The van der Waals surface area contributed by atoms with Crippen LogP contribution in [0.2, 0.25) is 0 Å². The van der Waals surface area contributed by atoms with Gasteiger partial charge in [0, 0.05) is 18.4 Å². The van der Waals surface area contributed by atoms with Crippen LogP contribution >= 0.6 is 0 Å². The zero-order chi connectivity index (χ0) is 14.7. The van der Waals surface area contributed by atoms with E-state index in [0.29, 0.717) is 30.9 Å². The Morgan fingerprint density at radius 3 is 2.48 bits per heavy atom. The van der Waals surface area contributed by atoms with Crippen molar-refractivity contribution in [2.75, 3.05) is 13.2 Å². The number of aryl methyl sites for hydroxylation is 1. The molecule has 0 N–H and O–H groups in total. The molecule has 2 aromatic carbocycles. The lowest BCUT2D eigenvalue weighted by Gasteiger charge is -2.09. The maximum Gasteiger partial charge on any atom is 0.167 e. The molecule has 0 aliphatic carbocycles. The molecule has 0 spiro atoms. The second-order valence-corrected chi connectivity index (χ2v) is 5.30. The van der Waals surface area contributed by atoms with Gasteiger partial charge in [-0.2, -0.15) is 0 Å². The summed E-state index contributed by atoms with van der Waals surface area (Å²) in [5, 5.41) is 0. The molecule has 0 bridgehead atoms. The van der Waals surface area contributed by atoms with Gasteiger partial charge in [0.1, 0.15) is 0 Å². The number of ketones is 1. The van der Waals surface area contributed by atoms with Gasteiger partial charge in [-0.3, -0.25) is 4.79 Å². The van der Waals surface area contributed by atoms with Gasteiger partial charge in [0.25, 0.3) is 0 Å². The first kappa shape index (κ1) is 13.7. The number of fused-ring (bicyclic) bond motifs is 1. The summed E-state index contributed by atoms with van der Waals surface area (Å²) in [7, 11) is 0. The fourth-order valence-electron chi connectivity index (χ4n) is 2.33. The number of carbonyl (C=O) groups is 1. The Balaban J connectivity index is 1.78. The summed E-state index contributed by atoms with van der Waals surface area (Å²) in [5.41, 5.74) is 2.89. The van der Waals surface area contributed by atoms with Crippen molar-refractivity contribution in [1.29, 1.82) is 0 Å². The number of ether oxygens (including phenoxy) is 2. The molecule has 21 heavy (non-hydrogen) atoms. The molecule has 3 heteroatoms. The quantitative estimate of drug-likeness (QED) is 0.807. The maximum atomic E-state index is 12.4. The molecule has 1 heterocycles. The van der Waals surface area contributed by atoms with Gasteiger partial charge in [-0.15, -0.1) is 0 Å². The third kappa shape index (κ3) is 3.24. The largest absolute Gasteiger partial charge is 0.490 e. The summed E-state index contributed by atoms with van der Waals surface area (Å²) in [6.45, 7) is 3.32. The summed E-state index contributed by atoms with van der Waals surface area (Å²) in [6, 6.07) is 13.5. The molecule has 0 saturated heterocycles. The van der Waals surface area contributed by atoms with E-state index in [4.69, 9.17) is 9.47 Å². The number of hydrogen-bond acceptors (Lipinski definition) is 3. The fourth-order valence-corrected chi connectivity index (χ4v) is 2.33. The Bertz CT molecular complexity index is 644. The van der Waals surface area contributed by atoms with E-state index in [9.17, 15) is 4.79 Å². The van der Waals surface area contributed by atoms with E-state index in [1.807, 2.05) is 43.3 Å². The van der Waals surface area contributed by atoms with E-state index >= 15 is 0 Å². The summed E-state index contributed by atoms with van der Waals surface area (Å²) < 4.78 is 11.2. The van der Waals surface area contributed by atoms with Crippen LogP contribution in [0.1, 0.15) is 27.9 Å². The van der Waals surface area contributed by atoms with Gasteiger partial charge in [-0.25, -0.2) is 0 Å². The maximum absolute atomic E-state index is 12.4. The van der Waals surface area contributed by atoms with E-state index < -0.39 is 0 Å². The van der Waals surface area contributed by atoms with Gasteiger partial charge in [0.05, 0.1) is 13.2 Å². The number of benzene rings is 2. The first-order valence-corrected chi connectivity index (χ1v) is 7.21. The molecule has 3 nitrogen and oxygen atoms in total. The molecule has 0 amide bonds. The number of carbonyl (C=O) groups excluding carboxylic acids is 1. The minimum atomic E-state index is 0.0921. The zero-order valence-corrected chi connectivity index (χ0v) is 12.1. The van der Waals surface area contributed by atoms with Gasteiger partial charge >= 0.3 is 0 Å². The Morgan fingerprint density at radius 1 is 1.00 bits per heavy atom. The summed E-state index contributed by atoms with van der Waals surface area (Å²) >= 11 is 0. The molecule has 108 valence electrons. The molecule has 2 aromatic rings. The van der Waals surface area contributed by atoms with Crippen molar-refractivity contribution in [3.63, 3.8) is 0 Å². The molecule has 0 saturated carbocycles. The Labute approximate surface area is 124 Å². The van der Waals surface area contributed by atoms with Gasteiger partial charge in [-0.05, 0) is 30.7 Å². The highest BCUT2D eigenvalue weighted by molar-refractivity contribution is 5.98. The summed E-state index contributed by atoms with van der Waals surface area (Å²) in [4.78, 5) is 12.4. The van der Waals surface area contributed by atoms with Crippen molar-refractivity contribution in [1.82, 2.24) is 0 Å². The Morgan fingerprint density at radius 2 is 1.71 bits per heavy atom. The third-order valence-corrected chi connectivity index (χ3v) is 3.55. The molecular weight excluding hydrogens is 264 g/mol. The van der Waals surface area contributed by atoms with E-state index in [2.05, 4.69) is 0 Å². The van der Waals surface area contributed by atoms with E-state index in [-0.39, 0.29) is 5.78 Å². The van der Waals surface area contributed by atoms with Crippen molar-refractivity contribution in [2.24, 2.45) is 0 Å². The van der Waals surface area contributed by atoms with Crippen molar-refractivity contribution in [3.05, 3.63) is 59.2 Å². The lowest BCUT2D eigenvalue weighted by molar-refractivity contribution is 0.0992. The highest BCUT2D eigenvalue weighted by Crippen LogP contribution is 2.30. The lowest BCUT2D eigenvalue weighted by Crippen LogP contribution is -2.04. The Kier molecular flexibility index (Phi) is 3.91. The molecule has 0 unspecified atom stereocenters. The monoisotopic (exact) mass is 282 g/mol. The number of hydrogen-bond donors (Lipinski definition) is 0. The summed E-state index contributed by atoms with van der Waals surface area (Å²) in [5.74, 6) is 1.48. The average Bonchev–Trinajstić information content (AvgIpc) is 2.74. The molecule has 3 rings (SSSR count). The van der Waals surface area contributed by atoms with Crippen LogP contribution in [0, 0.1) is 6.92 Å². The van der Waals surface area contributed by atoms with Gasteiger partial charge < -0.3 is 9.47 Å². The van der Waals surface area contributed by atoms with Crippen LogP contribution in [0.4, 0.5) is 0 Å². The first-order chi connectivity index (χ1) is 10.2. The van der Waals surface area contributed by atoms with Crippen molar-refractivity contribution < 1.29 is 14.3 Å². The molecule has 1 aliphatic heterocycles. The minimum absolute atomic E-state index is 0.0921. The highest BCUT2D eigenvalue weighted by Gasteiger charge is 2.14. The fraction of sp³-hybridized carbons (Fsp3) is 0.278.